The van der Waals surface area contributed by atoms with E-state index in [1.807, 2.05) is 6.92 Å². The summed E-state index contributed by atoms with van der Waals surface area (Å²) in [6.07, 6.45) is 0. The van der Waals surface area contributed by atoms with E-state index in [9.17, 15) is 4.79 Å². The van der Waals surface area contributed by atoms with Gasteiger partial charge < -0.3 is 18.7 Å². The summed E-state index contributed by atoms with van der Waals surface area (Å²) in [5, 5.41) is 4.10. The summed E-state index contributed by atoms with van der Waals surface area (Å²) in [5.41, 5.74) is 1.72. The Bertz CT molecular complexity index is 691. The minimum atomic E-state index is -0.520. The third kappa shape index (κ3) is 3.76. The molecule has 0 atom stereocenters. The number of methoxy groups -OCH3 is 1. The highest BCUT2D eigenvalue weighted by Gasteiger charge is 2.18. The summed E-state index contributed by atoms with van der Waals surface area (Å²) in [7, 11) is 1.48. The van der Waals surface area contributed by atoms with Gasteiger partial charge in [0.25, 0.3) is 0 Å². The first-order chi connectivity index (χ1) is 11.0. The summed E-state index contributed by atoms with van der Waals surface area (Å²) >= 11 is 6.15. The van der Waals surface area contributed by atoms with Gasteiger partial charge in [-0.25, -0.2) is 4.79 Å². The van der Waals surface area contributed by atoms with E-state index >= 15 is 0 Å². The van der Waals surface area contributed by atoms with Crippen molar-refractivity contribution in [3.63, 3.8) is 0 Å². The van der Waals surface area contributed by atoms with Gasteiger partial charge in [0.15, 0.2) is 11.5 Å². The second-order valence-electron chi connectivity index (χ2n) is 4.80. The van der Waals surface area contributed by atoms with E-state index in [2.05, 4.69) is 5.16 Å². The molecule has 2 rings (SSSR count). The fraction of sp³-hybridized carbons (Fsp3) is 0.375. The lowest BCUT2D eigenvalue weighted by molar-refractivity contribution is 0.0470. The number of carbonyl (C=O) groups excluding carboxylic acids is 1. The molecule has 1 heterocycles. The fourth-order valence-corrected chi connectivity index (χ4v) is 2.32. The molecule has 0 amide bonds. The van der Waals surface area contributed by atoms with Crippen molar-refractivity contribution in [2.45, 2.75) is 27.4 Å². The van der Waals surface area contributed by atoms with Crippen molar-refractivity contribution >= 4 is 17.6 Å². The van der Waals surface area contributed by atoms with Crippen LogP contribution >= 0.6 is 11.6 Å². The molecule has 0 N–H and O–H groups in total. The Hall–Kier alpha value is -2.21. The fourth-order valence-electron chi connectivity index (χ4n) is 2.05. The van der Waals surface area contributed by atoms with E-state index in [-0.39, 0.29) is 17.2 Å². The van der Waals surface area contributed by atoms with Crippen molar-refractivity contribution in [1.29, 1.82) is 0 Å². The summed E-state index contributed by atoms with van der Waals surface area (Å²) in [5.74, 6) is 0.883. The molecule has 0 unspecified atom stereocenters. The number of rotatable bonds is 6. The van der Waals surface area contributed by atoms with Crippen molar-refractivity contribution in [2.24, 2.45) is 0 Å². The Morgan fingerprint density at radius 1 is 1.35 bits per heavy atom. The lowest BCUT2D eigenvalue weighted by atomic mass is 10.2. The molecule has 2 aromatic rings. The van der Waals surface area contributed by atoms with Crippen molar-refractivity contribution < 1.29 is 23.5 Å². The minimum Gasteiger partial charge on any atom is -0.493 e. The molecule has 7 heteroatoms. The molecule has 0 aliphatic rings. The monoisotopic (exact) mass is 339 g/mol. The van der Waals surface area contributed by atoms with E-state index in [1.54, 1.807) is 13.8 Å². The highest BCUT2D eigenvalue weighted by Crippen LogP contribution is 2.36. The number of ether oxygens (including phenoxy) is 3. The number of nitrogens with zero attached hydrogens (tertiary/aromatic N) is 1. The molecule has 0 radical (unpaired) electrons. The molecule has 0 aliphatic carbocycles. The van der Waals surface area contributed by atoms with Gasteiger partial charge in [0.1, 0.15) is 12.4 Å². The van der Waals surface area contributed by atoms with Gasteiger partial charge in [-0.3, -0.25) is 0 Å². The number of hydrogen-bond donors (Lipinski definition) is 0. The third-order valence-corrected chi connectivity index (χ3v) is 3.56. The third-order valence-electron chi connectivity index (χ3n) is 3.28. The molecular formula is C16H18ClNO5. The molecule has 0 aliphatic heterocycles. The number of aryl methyl sites for hydroxylation is 2. The van der Waals surface area contributed by atoms with Crippen LogP contribution in [0.15, 0.2) is 16.7 Å². The Kier molecular flexibility index (Phi) is 5.50. The van der Waals surface area contributed by atoms with Gasteiger partial charge >= 0.3 is 5.97 Å². The van der Waals surface area contributed by atoms with Crippen LogP contribution in [0.1, 0.15) is 34.3 Å². The Morgan fingerprint density at radius 3 is 2.65 bits per heavy atom. The normalized spacial score (nSPS) is 10.5. The highest BCUT2D eigenvalue weighted by atomic mass is 35.5. The summed E-state index contributed by atoms with van der Waals surface area (Å²) in [6.45, 7) is 5.90. The second-order valence-corrected chi connectivity index (χ2v) is 5.21. The van der Waals surface area contributed by atoms with Crippen molar-refractivity contribution in [2.75, 3.05) is 13.7 Å². The second kappa shape index (κ2) is 7.37. The van der Waals surface area contributed by atoms with Crippen LogP contribution in [0, 0.1) is 13.8 Å². The van der Waals surface area contributed by atoms with Crippen LogP contribution in [0.25, 0.3) is 0 Å². The zero-order chi connectivity index (χ0) is 17.0. The maximum Gasteiger partial charge on any atom is 0.338 e. The topological polar surface area (TPSA) is 70.8 Å². The van der Waals surface area contributed by atoms with E-state index in [0.717, 1.165) is 5.56 Å². The van der Waals surface area contributed by atoms with Crippen molar-refractivity contribution in [1.82, 2.24) is 5.16 Å². The van der Waals surface area contributed by atoms with E-state index in [0.29, 0.717) is 29.6 Å². The zero-order valence-corrected chi connectivity index (χ0v) is 14.2. The molecular weight excluding hydrogens is 322 g/mol. The van der Waals surface area contributed by atoms with Gasteiger partial charge in [-0.2, -0.15) is 0 Å². The number of benzene rings is 1. The van der Waals surface area contributed by atoms with Crippen LogP contribution in [-0.2, 0) is 11.3 Å². The maximum atomic E-state index is 12.2. The lowest BCUT2D eigenvalue weighted by Gasteiger charge is -2.13. The molecule has 23 heavy (non-hydrogen) atoms. The predicted molar refractivity (Wildman–Crippen MR) is 84.3 cm³/mol. The molecule has 0 saturated carbocycles. The van der Waals surface area contributed by atoms with Crippen LogP contribution in [0.3, 0.4) is 0 Å². The summed E-state index contributed by atoms with van der Waals surface area (Å²) < 4.78 is 21.0. The largest absolute Gasteiger partial charge is 0.493 e. The number of carbonyl (C=O) groups is 1. The molecule has 1 aromatic carbocycles. The van der Waals surface area contributed by atoms with Crippen LogP contribution in [-0.4, -0.2) is 24.8 Å². The number of hydrogen-bond acceptors (Lipinski definition) is 6. The van der Waals surface area contributed by atoms with E-state index in [4.69, 9.17) is 30.3 Å². The van der Waals surface area contributed by atoms with Gasteiger partial charge in [0.2, 0.25) is 0 Å². The highest BCUT2D eigenvalue weighted by molar-refractivity contribution is 6.32. The minimum absolute atomic E-state index is 0.0765. The predicted octanol–water partition coefficient (Wildman–Crippen LogP) is 3.71. The van der Waals surface area contributed by atoms with Gasteiger partial charge in [-0.1, -0.05) is 16.8 Å². The Balaban J connectivity index is 2.18. The molecule has 0 spiro atoms. The van der Waals surface area contributed by atoms with E-state index in [1.165, 1.54) is 19.2 Å². The van der Waals surface area contributed by atoms with Gasteiger partial charge in [0.05, 0.1) is 35.6 Å². The maximum absolute atomic E-state index is 12.2. The van der Waals surface area contributed by atoms with Gasteiger partial charge in [-0.15, -0.1) is 0 Å². The summed E-state index contributed by atoms with van der Waals surface area (Å²) in [6, 6.07) is 3.03. The number of halogens is 1. The molecule has 124 valence electrons. The Morgan fingerprint density at radius 2 is 2.09 bits per heavy atom. The Labute approximate surface area is 139 Å². The lowest BCUT2D eigenvalue weighted by Crippen LogP contribution is -2.07. The van der Waals surface area contributed by atoms with Crippen LogP contribution in [0.5, 0.6) is 11.5 Å². The number of aromatic nitrogens is 1. The standard InChI is InChI=1S/C16H18ClNO5/c1-5-21-15-13(17)6-11(7-14(15)20-4)16(19)22-8-12-9(2)18-23-10(12)3/h6-7H,5,8H2,1-4H3. The van der Waals surface area contributed by atoms with Crippen LogP contribution < -0.4 is 9.47 Å². The number of esters is 1. The molecule has 0 fully saturated rings. The first-order valence-corrected chi connectivity index (χ1v) is 7.44. The zero-order valence-electron chi connectivity index (χ0n) is 13.4. The SMILES string of the molecule is CCOc1c(Cl)cc(C(=O)OCc2c(C)noc2C)cc1OC. The van der Waals surface area contributed by atoms with Gasteiger partial charge in [0, 0.05) is 0 Å². The first kappa shape index (κ1) is 17.1. The van der Waals surface area contributed by atoms with E-state index < -0.39 is 5.97 Å². The quantitative estimate of drug-likeness (QED) is 0.747. The first-order valence-electron chi connectivity index (χ1n) is 7.07. The van der Waals surface area contributed by atoms with Crippen molar-refractivity contribution in [3.05, 3.63) is 39.7 Å². The average molecular weight is 340 g/mol. The molecule has 0 bridgehead atoms. The van der Waals surface area contributed by atoms with Gasteiger partial charge in [-0.05, 0) is 32.9 Å². The smallest absolute Gasteiger partial charge is 0.338 e. The molecule has 6 nitrogen and oxygen atoms in total. The van der Waals surface area contributed by atoms with Crippen molar-refractivity contribution in [3.8, 4) is 11.5 Å². The molecule has 1 aromatic heterocycles. The van der Waals surface area contributed by atoms with Crippen LogP contribution in [0.2, 0.25) is 5.02 Å². The molecule has 0 saturated heterocycles. The summed E-state index contributed by atoms with van der Waals surface area (Å²) in [4.78, 5) is 12.2. The van der Waals surface area contributed by atoms with Crippen LogP contribution in [0.4, 0.5) is 0 Å². The average Bonchev–Trinajstić information content (AvgIpc) is 2.85.